The Morgan fingerprint density at radius 2 is 1.93 bits per heavy atom. The van der Waals surface area contributed by atoms with Crippen LogP contribution in [-0.4, -0.2) is 38.6 Å². The third-order valence-corrected chi connectivity index (χ3v) is 5.56. The minimum absolute atomic E-state index is 0.000719. The summed E-state index contributed by atoms with van der Waals surface area (Å²) in [7, 11) is -3.17. The molecule has 0 aliphatic rings. The third kappa shape index (κ3) is 5.29. The Labute approximate surface area is 162 Å². The topological polar surface area (TPSA) is 97.5 Å². The van der Waals surface area contributed by atoms with E-state index in [-0.39, 0.29) is 28.2 Å². The molecule has 1 unspecified atom stereocenters. The summed E-state index contributed by atoms with van der Waals surface area (Å²) in [4.78, 5) is 7.68. The van der Waals surface area contributed by atoms with E-state index in [0.717, 1.165) is 18.3 Å². The molecule has 156 valence electrons. The molecule has 2 rings (SSSR count). The molecule has 0 N–H and O–H groups in total. The van der Waals surface area contributed by atoms with Gasteiger partial charge in [-0.25, -0.2) is 14.2 Å². The van der Waals surface area contributed by atoms with Crippen molar-refractivity contribution >= 4 is 9.73 Å². The van der Waals surface area contributed by atoms with Gasteiger partial charge in [-0.15, -0.1) is 4.36 Å². The maximum Gasteiger partial charge on any atom is 0.456 e. The van der Waals surface area contributed by atoms with E-state index in [1.54, 1.807) is 0 Å². The lowest BCUT2D eigenvalue weighted by molar-refractivity contribution is -0.290. The van der Waals surface area contributed by atoms with Crippen LogP contribution in [-0.2, 0) is 9.73 Å². The molecule has 13 heteroatoms. The summed E-state index contributed by atoms with van der Waals surface area (Å²) < 4.78 is 88.7. The van der Waals surface area contributed by atoms with E-state index in [4.69, 9.17) is 10.00 Å². The number of alkyl halides is 5. The van der Waals surface area contributed by atoms with Crippen molar-refractivity contribution in [3.8, 4) is 23.7 Å². The van der Waals surface area contributed by atoms with E-state index in [9.17, 15) is 26.2 Å². The Bertz CT molecular complexity index is 1030. The summed E-state index contributed by atoms with van der Waals surface area (Å²) in [6.07, 6.45) is -1.94. The molecule has 0 saturated heterocycles. The van der Waals surface area contributed by atoms with E-state index in [0.29, 0.717) is 0 Å². The van der Waals surface area contributed by atoms with Crippen LogP contribution in [0.1, 0.15) is 6.92 Å². The van der Waals surface area contributed by atoms with Crippen LogP contribution in [0.25, 0.3) is 0 Å². The average Bonchev–Trinajstić information content (AvgIpc) is 2.66. The Morgan fingerprint density at radius 1 is 1.21 bits per heavy atom. The largest absolute Gasteiger partial charge is 0.487 e. The maximum atomic E-state index is 13.0. The van der Waals surface area contributed by atoms with Crippen molar-refractivity contribution in [3.63, 3.8) is 0 Å². The molecule has 0 radical (unpaired) electrons. The highest BCUT2D eigenvalue weighted by atomic mass is 32.2. The predicted octanol–water partition coefficient (Wildman–Crippen LogP) is 4.17. The van der Waals surface area contributed by atoms with Crippen LogP contribution in [0.5, 0.6) is 17.5 Å². The summed E-state index contributed by atoms with van der Waals surface area (Å²) in [5, 5.41) is 8.77. The molecule has 0 aromatic carbocycles. The first-order valence-electron chi connectivity index (χ1n) is 7.81. The minimum atomic E-state index is -5.76. The van der Waals surface area contributed by atoms with Crippen molar-refractivity contribution in [1.29, 1.82) is 5.26 Å². The Balaban J connectivity index is 2.28. The van der Waals surface area contributed by atoms with Crippen LogP contribution in [0, 0.1) is 11.5 Å². The van der Waals surface area contributed by atoms with Gasteiger partial charge >= 0.3 is 12.1 Å². The molecule has 0 aliphatic carbocycles. The van der Waals surface area contributed by atoms with Gasteiger partial charge in [0.15, 0.2) is 6.61 Å². The van der Waals surface area contributed by atoms with Gasteiger partial charge < -0.3 is 9.47 Å². The Morgan fingerprint density at radius 3 is 2.55 bits per heavy atom. The number of pyridine rings is 2. The number of aromatic nitrogens is 2. The highest BCUT2D eigenvalue weighted by Gasteiger charge is 2.58. The van der Waals surface area contributed by atoms with Crippen LogP contribution < -0.4 is 9.47 Å². The van der Waals surface area contributed by atoms with Crippen LogP contribution in [0.4, 0.5) is 22.0 Å². The summed E-state index contributed by atoms with van der Waals surface area (Å²) >= 11 is 0. The highest BCUT2D eigenvalue weighted by Crippen LogP contribution is 2.36. The van der Waals surface area contributed by atoms with Crippen molar-refractivity contribution in [1.82, 2.24) is 9.97 Å². The molecule has 7 nitrogen and oxygen atoms in total. The zero-order valence-electron chi connectivity index (χ0n) is 14.7. The van der Waals surface area contributed by atoms with Crippen molar-refractivity contribution in [2.75, 3.05) is 12.4 Å². The second-order valence-electron chi connectivity index (χ2n) is 5.35. The van der Waals surface area contributed by atoms with Gasteiger partial charge in [0.05, 0.1) is 9.73 Å². The Hall–Kier alpha value is -3.01. The highest BCUT2D eigenvalue weighted by molar-refractivity contribution is 7.93. The fraction of sp³-hybridized carbons (Fsp3) is 0.312. The quantitative estimate of drug-likeness (QED) is 0.477. The third-order valence-electron chi connectivity index (χ3n) is 3.40. The lowest BCUT2D eigenvalue weighted by Crippen LogP contribution is -2.41. The standard InChI is InChI=1S/C16H13F5N4O3S/c1-2-29(26,25-10-22)12-4-3-6-24-14(12)28-13-8-11(5-7-23-13)27-9-15(17,18)16(19,20)21/h3-8H,2,9H2,1H3. The predicted molar refractivity (Wildman–Crippen MR) is 90.0 cm³/mol. The fourth-order valence-corrected chi connectivity index (χ4v) is 3.25. The monoisotopic (exact) mass is 436 g/mol. The van der Waals surface area contributed by atoms with Gasteiger partial charge in [-0.3, -0.25) is 0 Å². The molecule has 2 aromatic rings. The zero-order valence-corrected chi connectivity index (χ0v) is 15.5. The fourth-order valence-electron chi connectivity index (χ4n) is 1.92. The summed E-state index contributed by atoms with van der Waals surface area (Å²) in [6, 6.07) is 4.83. The number of rotatable bonds is 7. The molecule has 0 bridgehead atoms. The number of nitrogens with zero attached hydrogens (tertiary/aromatic N) is 4. The van der Waals surface area contributed by atoms with Crippen LogP contribution in [0.15, 0.2) is 45.9 Å². The lowest BCUT2D eigenvalue weighted by Gasteiger charge is -2.19. The number of halogens is 5. The molecule has 1 atom stereocenters. The summed E-state index contributed by atoms with van der Waals surface area (Å²) in [5.74, 6) is -5.92. The molecule has 0 aliphatic heterocycles. The number of nitriles is 1. The molecule has 2 aromatic heterocycles. The van der Waals surface area contributed by atoms with Crippen molar-refractivity contribution in [2.24, 2.45) is 4.36 Å². The van der Waals surface area contributed by atoms with Gasteiger partial charge in [-0.05, 0) is 18.2 Å². The van der Waals surface area contributed by atoms with Gasteiger partial charge in [0, 0.05) is 24.2 Å². The Kier molecular flexibility index (Phi) is 6.58. The van der Waals surface area contributed by atoms with Gasteiger partial charge in [-0.2, -0.15) is 27.2 Å². The van der Waals surface area contributed by atoms with E-state index in [1.165, 1.54) is 31.4 Å². The molecule has 0 spiro atoms. The number of hydrogen-bond acceptors (Lipinski definition) is 7. The second kappa shape index (κ2) is 8.56. The number of hydrogen-bond donors (Lipinski definition) is 0. The molecular weight excluding hydrogens is 423 g/mol. The van der Waals surface area contributed by atoms with Crippen LogP contribution in [0.3, 0.4) is 0 Å². The minimum Gasteiger partial charge on any atom is -0.487 e. The lowest BCUT2D eigenvalue weighted by atomic mass is 10.3. The van der Waals surface area contributed by atoms with Crippen molar-refractivity contribution < 1.29 is 35.6 Å². The molecule has 0 saturated carbocycles. The first-order chi connectivity index (χ1) is 13.5. The molecule has 0 fully saturated rings. The van der Waals surface area contributed by atoms with Gasteiger partial charge in [0.2, 0.25) is 18.0 Å². The molecular formula is C16H13F5N4O3S. The van der Waals surface area contributed by atoms with Crippen molar-refractivity contribution in [2.45, 2.75) is 23.9 Å². The maximum absolute atomic E-state index is 13.0. The van der Waals surface area contributed by atoms with E-state index < -0.39 is 28.4 Å². The van der Waals surface area contributed by atoms with Crippen LogP contribution >= 0.6 is 0 Å². The first kappa shape index (κ1) is 22.3. The first-order valence-corrected chi connectivity index (χ1v) is 9.50. The second-order valence-corrected chi connectivity index (χ2v) is 7.83. The van der Waals surface area contributed by atoms with Gasteiger partial charge in [-0.1, -0.05) is 6.92 Å². The molecule has 29 heavy (non-hydrogen) atoms. The van der Waals surface area contributed by atoms with Gasteiger partial charge in [0.25, 0.3) is 0 Å². The van der Waals surface area contributed by atoms with E-state index >= 15 is 0 Å². The van der Waals surface area contributed by atoms with Crippen molar-refractivity contribution in [3.05, 3.63) is 36.7 Å². The summed E-state index contributed by atoms with van der Waals surface area (Å²) in [5.41, 5.74) is 0. The summed E-state index contributed by atoms with van der Waals surface area (Å²) in [6.45, 7) is -0.396. The van der Waals surface area contributed by atoms with E-state index in [1.807, 2.05) is 0 Å². The number of ether oxygens (including phenoxy) is 2. The zero-order chi connectivity index (χ0) is 21.7. The average molecular weight is 436 g/mol. The normalized spacial score (nSPS) is 13.8. The molecule has 0 amide bonds. The van der Waals surface area contributed by atoms with Gasteiger partial charge in [0.1, 0.15) is 10.6 Å². The smallest absolute Gasteiger partial charge is 0.456 e. The molecule has 2 heterocycles. The van der Waals surface area contributed by atoms with Crippen LogP contribution in [0.2, 0.25) is 0 Å². The van der Waals surface area contributed by atoms with E-state index in [2.05, 4.69) is 19.1 Å². The SMILES string of the molecule is CCS(=O)(=NC#N)c1cccnc1Oc1cc(OCC(F)(F)C(F)(F)F)ccn1.